The van der Waals surface area contributed by atoms with Crippen LogP contribution in [-0.2, 0) is 4.79 Å². The first-order valence-corrected chi connectivity index (χ1v) is 7.49. The molecule has 1 aliphatic rings. The van der Waals surface area contributed by atoms with Crippen LogP contribution >= 0.6 is 0 Å². The Labute approximate surface area is 129 Å². The van der Waals surface area contributed by atoms with Crippen LogP contribution in [0.3, 0.4) is 0 Å². The van der Waals surface area contributed by atoms with E-state index in [1.807, 2.05) is 11.8 Å². The van der Waals surface area contributed by atoms with Crippen molar-refractivity contribution in [2.45, 2.75) is 13.8 Å². The minimum atomic E-state index is -0.106. The van der Waals surface area contributed by atoms with Crippen molar-refractivity contribution in [3.63, 3.8) is 0 Å². The summed E-state index contributed by atoms with van der Waals surface area (Å²) < 4.78 is 0. The van der Waals surface area contributed by atoms with Crippen LogP contribution in [0.2, 0.25) is 0 Å². The minimum absolute atomic E-state index is 0.0118. The molecule has 0 aliphatic carbocycles. The molecule has 1 fully saturated rings. The molecular weight excluding hydrogens is 284 g/mol. The zero-order chi connectivity index (χ0) is 16.1. The maximum absolute atomic E-state index is 12.4. The van der Waals surface area contributed by atoms with Gasteiger partial charge in [0.2, 0.25) is 5.91 Å². The maximum Gasteiger partial charge on any atom is 0.270 e. The predicted octanol–water partition coefficient (Wildman–Crippen LogP) is 0.111. The average Bonchev–Trinajstić information content (AvgIpc) is 2.97. The monoisotopic (exact) mass is 306 g/mol. The lowest BCUT2D eigenvalue weighted by Gasteiger charge is -2.34. The third kappa shape index (κ3) is 3.94. The van der Waals surface area contributed by atoms with Gasteiger partial charge in [-0.25, -0.2) is 0 Å². The molecule has 2 heterocycles. The fraction of sp³-hybridized carbons (Fsp3) is 0.533. The molecule has 2 N–H and O–H groups in total. The van der Waals surface area contributed by atoms with Gasteiger partial charge in [0.05, 0.1) is 6.54 Å². The molecule has 0 atom stereocenters. The Balaban J connectivity index is 1.86. The van der Waals surface area contributed by atoms with Crippen LogP contribution in [0.15, 0.2) is 12.3 Å². The molecule has 1 aromatic rings. The van der Waals surface area contributed by atoms with Crippen molar-refractivity contribution < 1.29 is 14.4 Å². The summed E-state index contributed by atoms with van der Waals surface area (Å²) in [5.41, 5.74) is 0.945. The zero-order valence-corrected chi connectivity index (χ0v) is 13.0. The molecule has 0 aromatic carbocycles. The molecule has 0 unspecified atom stereocenters. The lowest BCUT2D eigenvalue weighted by Crippen LogP contribution is -2.51. The smallest absolute Gasteiger partial charge is 0.270 e. The van der Waals surface area contributed by atoms with Crippen molar-refractivity contribution >= 4 is 17.6 Å². The Morgan fingerprint density at radius 2 is 1.91 bits per heavy atom. The Kier molecular flexibility index (Phi) is 5.32. The van der Waals surface area contributed by atoms with Crippen LogP contribution in [0.5, 0.6) is 0 Å². The summed E-state index contributed by atoms with van der Waals surface area (Å²) in [5.74, 6) is -0.162. The first kappa shape index (κ1) is 16.2. The van der Waals surface area contributed by atoms with Crippen LogP contribution in [0.25, 0.3) is 0 Å². The third-order valence-electron chi connectivity index (χ3n) is 3.72. The topological polar surface area (TPSA) is 85.5 Å². The normalized spacial score (nSPS) is 15.6. The van der Waals surface area contributed by atoms with Crippen molar-refractivity contribution in [2.24, 2.45) is 0 Å². The molecule has 0 bridgehead atoms. The molecule has 120 valence electrons. The van der Waals surface area contributed by atoms with Gasteiger partial charge in [-0.1, -0.05) is 0 Å². The molecule has 22 heavy (non-hydrogen) atoms. The van der Waals surface area contributed by atoms with E-state index in [0.29, 0.717) is 50.5 Å². The lowest BCUT2D eigenvalue weighted by atomic mass is 10.2. The van der Waals surface area contributed by atoms with Gasteiger partial charge in [-0.2, -0.15) is 0 Å². The second-order valence-corrected chi connectivity index (χ2v) is 5.38. The van der Waals surface area contributed by atoms with Gasteiger partial charge in [0.25, 0.3) is 5.91 Å². The summed E-state index contributed by atoms with van der Waals surface area (Å²) in [6.07, 6.45) is 1.56. The van der Waals surface area contributed by atoms with Crippen LogP contribution in [0.1, 0.15) is 34.7 Å². The molecule has 7 nitrogen and oxygen atoms in total. The number of nitrogens with zero attached hydrogens (tertiary/aromatic N) is 2. The van der Waals surface area contributed by atoms with Crippen LogP contribution < -0.4 is 5.32 Å². The Bertz CT molecular complexity index is 559. The molecule has 0 spiro atoms. The SMILES string of the molecule is CCNC(=O)CN1CCN(C(=O)c2cc(C(C)=O)c[nH]2)CC1. The number of nitrogens with one attached hydrogen (secondary N) is 2. The highest BCUT2D eigenvalue weighted by molar-refractivity contribution is 5.99. The predicted molar refractivity (Wildman–Crippen MR) is 81.8 cm³/mol. The van der Waals surface area contributed by atoms with Crippen molar-refractivity contribution in [3.05, 3.63) is 23.5 Å². The number of aromatic amines is 1. The highest BCUT2D eigenvalue weighted by Gasteiger charge is 2.24. The Morgan fingerprint density at radius 1 is 1.23 bits per heavy atom. The highest BCUT2D eigenvalue weighted by atomic mass is 16.2. The zero-order valence-electron chi connectivity index (χ0n) is 13.0. The third-order valence-corrected chi connectivity index (χ3v) is 3.72. The number of carbonyl (C=O) groups is 3. The van der Waals surface area contributed by atoms with Gasteiger partial charge in [0, 0.05) is 44.5 Å². The van der Waals surface area contributed by atoms with Crippen molar-refractivity contribution in [3.8, 4) is 0 Å². The number of carbonyl (C=O) groups excluding carboxylic acids is 3. The van der Waals surface area contributed by atoms with Gasteiger partial charge in [-0.15, -0.1) is 0 Å². The fourth-order valence-electron chi connectivity index (χ4n) is 2.46. The van der Waals surface area contributed by atoms with Crippen LogP contribution in [0.4, 0.5) is 0 Å². The van der Waals surface area contributed by atoms with E-state index < -0.39 is 0 Å². The highest BCUT2D eigenvalue weighted by Crippen LogP contribution is 2.10. The number of H-pyrrole nitrogens is 1. The Morgan fingerprint density at radius 3 is 2.45 bits per heavy atom. The van der Waals surface area contributed by atoms with E-state index >= 15 is 0 Å². The summed E-state index contributed by atoms with van der Waals surface area (Å²) in [6, 6.07) is 1.59. The van der Waals surface area contributed by atoms with E-state index in [1.54, 1.807) is 17.2 Å². The number of piperazine rings is 1. The van der Waals surface area contributed by atoms with Gasteiger partial charge in [-0.3, -0.25) is 19.3 Å². The van der Waals surface area contributed by atoms with E-state index in [4.69, 9.17) is 0 Å². The number of hydrogen-bond donors (Lipinski definition) is 2. The summed E-state index contributed by atoms with van der Waals surface area (Å²) in [7, 11) is 0. The summed E-state index contributed by atoms with van der Waals surface area (Å²) in [5, 5.41) is 2.77. The number of aromatic nitrogens is 1. The molecule has 0 radical (unpaired) electrons. The van der Waals surface area contributed by atoms with Crippen molar-refractivity contribution in [1.82, 2.24) is 20.1 Å². The molecule has 2 amide bonds. The summed E-state index contributed by atoms with van der Waals surface area (Å²) in [6.45, 7) is 6.85. The van der Waals surface area contributed by atoms with E-state index in [2.05, 4.69) is 10.3 Å². The number of Topliss-reactive ketones (excluding diaryl/α,β-unsaturated/α-hetero) is 1. The van der Waals surface area contributed by atoms with Gasteiger partial charge in [0.15, 0.2) is 5.78 Å². The molecule has 1 aliphatic heterocycles. The number of amides is 2. The standard InChI is InChI=1S/C15H22N4O3/c1-3-16-14(21)10-18-4-6-19(7-5-18)15(22)13-8-12(9-17-13)11(2)20/h8-9,17H,3-7,10H2,1-2H3,(H,16,21). The van der Waals surface area contributed by atoms with E-state index in [-0.39, 0.29) is 17.6 Å². The van der Waals surface area contributed by atoms with Crippen LogP contribution in [-0.4, -0.2) is 71.6 Å². The number of ketones is 1. The maximum atomic E-state index is 12.4. The van der Waals surface area contributed by atoms with Crippen molar-refractivity contribution in [1.29, 1.82) is 0 Å². The van der Waals surface area contributed by atoms with Crippen LogP contribution in [0, 0.1) is 0 Å². The molecule has 2 rings (SSSR count). The quantitative estimate of drug-likeness (QED) is 0.756. The fourth-order valence-corrected chi connectivity index (χ4v) is 2.46. The number of hydrogen-bond acceptors (Lipinski definition) is 4. The first-order valence-electron chi connectivity index (χ1n) is 7.49. The number of rotatable bonds is 5. The van der Waals surface area contributed by atoms with E-state index in [1.165, 1.54) is 6.92 Å². The molecular formula is C15H22N4O3. The average molecular weight is 306 g/mol. The van der Waals surface area contributed by atoms with Crippen molar-refractivity contribution in [2.75, 3.05) is 39.3 Å². The Hall–Kier alpha value is -2.15. The molecule has 1 aromatic heterocycles. The lowest BCUT2D eigenvalue weighted by molar-refractivity contribution is -0.122. The number of likely N-dealkylation sites (N-methyl/N-ethyl adjacent to an activating group) is 1. The van der Waals surface area contributed by atoms with E-state index in [9.17, 15) is 14.4 Å². The molecule has 1 saturated heterocycles. The summed E-state index contributed by atoms with van der Waals surface area (Å²) in [4.78, 5) is 41.8. The first-order chi connectivity index (χ1) is 10.5. The van der Waals surface area contributed by atoms with Gasteiger partial charge >= 0.3 is 0 Å². The minimum Gasteiger partial charge on any atom is -0.356 e. The van der Waals surface area contributed by atoms with Gasteiger partial charge in [0.1, 0.15) is 5.69 Å². The molecule has 0 saturated carbocycles. The second-order valence-electron chi connectivity index (χ2n) is 5.38. The van der Waals surface area contributed by atoms with E-state index in [0.717, 1.165) is 0 Å². The summed E-state index contributed by atoms with van der Waals surface area (Å²) >= 11 is 0. The molecule has 7 heteroatoms. The van der Waals surface area contributed by atoms with Gasteiger partial charge in [-0.05, 0) is 19.9 Å². The second kappa shape index (κ2) is 7.22. The largest absolute Gasteiger partial charge is 0.356 e. The van der Waals surface area contributed by atoms with Gasteiger partial charge < -0.3 is 15.2 Å².